The number of Topliss-reactive ketones (excluding diaryl/α,β-unsaturated/α-hetero) is 1. The predicted molar refractivity (Wildman–Crippen MR) is 75.1 cm³/mol. The van der Waals surface area contributed by atoms with Crippen LogP contribution in [0.2, 0.25) is 0 Å². The van der Waals surface area contributed by atoms with E-state index >= 15 is 0 Å². The van der Waals surface area contributed by atoms with Crippen LogP contribution in [0.5, 0.6) is 5.75 Å². The van der Waals surface area contributed by atoms with E-state index in [9.17, 15) is 9.59 Å². The Kier molecular flexibility index (Phi) is 4.42. The molecular weight excluding hydrogens is 256 g/mol. The summed E-state index contributed by atoms with van der Waals surface area (Å²) in [6, 6.07) is 3.47. The Hall–Kier alpha value is -1.84. The number of rotatable bonds is 6. The molecule has 0 aromatic heterocycles. The van der Waals surface area contributed by atoms with E-state index < -0.39 is 11.8 Å². The van der Waals surface area contributed by atoms with Crippen LogP contribution >= 0.6 is 0 Å². The molecule has 4 heteroatoms. The quantitative estimate of drug-likeness (QED) is 0.455. The summed E-state index contributed by atoms with van der Waals surface area (Å²) in [5.41, 5.74) is 2.24. The van der Waals surface area contributed by atoms with Gasteiger partial charge in [-0.05, 0) is 56.7 Å². The highest BCUT2D eigenvalue weighted by molar-refractivity contribution is 6.41. The topological polar surface area (TPSA) is 52.6 Å². The smallest absolute Gasteiger partial charge is 0.379 e. The summed E-state index contributed by atoms with van der Waals surface area (Å²) >= 11 is 0. The van der Waals surface area contributed by atoms with Gasteiger partial charge in [-0.15, -0.1) is 0 Å². The van der Waals surface area contributed by atoms with Crippen molar-refractivity contribution in [1.29, 1.82) is 0 Å². The first-order chi connectivity index (χ1) is 9.54. The Morgan fingerprint density at radius 1 is 1.25 bits per heavy atom. The summed E-state index contributed by atoms with van der Waals surface area (Å²) in [5.74, 6) is -0.358. The molecule has 0 unspecified atom stereocenters. The lowest BCUT2D eigenvalue weighted by molar-refractivity contribution is -0.137. The lowest BCUT2D eigenvalue weighted by atomic mass is 10.0. The van der Waals surface area contributed by atoms with Gasteiger partial charge in [0.2, 0.25) is 0 Å². The van der Waals surface area contributed by atoms with Crippen molar-refractivity contribution >= 4 is 11.8 Å². The van der Waals surface area contributed by atoms with Gasteiger partial charge in [-0.25, -0.2) is 4.79 Å². The first-order valence-corrected chi connectivity index (χ1v) is 6.99. The van der Waals surface area contributed by atoms with Crippen LogP contribution in [-0.4, -0.2) is 25.0 Å². The van der Waals surface area contributed by atoms with Gasteiger partial charge in [-0.1, -0.05) is 6.07 Å². The molecule has 0 atom stereocenters. The fourth-order valence-corrected chi connectivity index (χ4v) is 1.95. The van der Waals surface area contributed by atoms with Gasteiger partial charge in [0.05, 0.1) is 18.8 Å². The average molecular weight is 276 g/mol. The molecule has 0 bridgehead atoms. The first-order valence-electron chi connectivity index (χ1n) is 6.99. The molecule has 1 aliphatic rings. The highest BCUT2D eigenvalue weighted by Gasteiger charge is 2.26. The molecule has 1 aromatic carbocycles. The summed E-state index contributed by atoms with van der Waals surface area (Å²) in [7, 11) is 0. The number of carbonyl (C=O) groups excluding carboxylic acids is 2. The van der Waals surface area contributed by atoms with Crippen molar-refractivity contribution in [3.8, 4) is 5.75 Å². The molecule has 0 N–H and O–H groups in total. The minimum atomic E-state index is -0.827. The molecule has 1 saturated carbocycles. The van der Waals surface area contributed by atoms with E-state index in [-0.39, 0.29) is 6.61 Å². The molecule has 0 amide bonds. The Morgan fingerprint density at radius 2 is 1.95 bits per heavy atom. The molecule has 1 aromatic rings. The molecular formula is C16H20O4. The Bertz CT molecular complexity index is 530. The third-order valence-corrected chi connectivity index (χ3v) is 3.54. The summed E-state index contributed by atoms with van der Waals surface area (Å²) < 4.78 is 10.6. The van der Waals surface area contributed by atoms with Gasteiger partial charge in [0.25, 0.3) is 5.78 Å². The summed E-state index contributed by atoms with van der Waals surface area (Å²) in [5, 5.41) is 0. The van der Waals surface area contributed by atoms with Crippen molar-refractivity contribution in [3.63, 3.8) is 0 Å². The van der Waals surface area contributed by atoms with Crippen molar-refractivity contribution in [3.05, 3.63) is 28.8 Å². The number of hydrogen-bond donors (Lipinski definition) is 0. The van der Waals surface area contributed by atoms with Gasteiger partial charge < -0.3 is 9.47 Å². The average Bonchev–Trinajstić information content (AvgIpc) is 3.24. The summed E-state index contributed by atoms with van der Waals surface area (Å²) in [6.45, 7) is 6.33. The van der Waals surface area contributed by atoms with Crippen LogP contribution in [0.3, 0.4) is 0 Å². The molecule has 0 saturated heterocycles. The lowest BCUT2D eigenvalue weighted by Crippen LogP contribution is -2.19. The van der Waals surface area contributed by atoms with E-state index in [0.717, 1.165) is 11.1 Å². The fraction of sp³-hybridized carbons (Fsp3) is 0.500. The van der Waals surface area contributed by atoms with Crippen LogP contribution in [-0.2, 0) is 9.53 Å². The molecule has 1 aliphatic carbocycles. The minimum absolute atomic E-state index is 0.188. The van der Waals surface area contributed by atoms with E-state index in [1.165, 1.54) is 12.8 Å². The number of ketones is 1. The minimum Gasteiger partial charge on any atom is -0.492 e. The largest absolute Gasteiger partial charge is 0.492 e. The molecule has 0 spiro atoms. The van der Waals surface area contributed by atoms with Crippen molar-refractivity contribution in [1.82, 2.24) is 0 Å². The van der Waals surface area contributed by atoms with Gasteiger partial charge >= 0.3 is 5.97 Å². The van der Waals surface area contributed by atoms with E-state index in [1.54, 1.807) is 13.0 Å². The second-order valence-corrected chi connectivity index (χ2v) is 5.19. The SMILES string of the molecule is CCOC(=O)C(=O)c1ccc(C)c(C)c1OCC1CC1. The summed E-state index contributed by atoms with van der Waals surface area (Å²) in [4.78, 5) is 23.7. The molecule has 0 heterocycles. The number of carbonyl (C=O) groups is 2. The van der Waals surface area contributed by atoms with Gasteiger partial charge in [-0.2, -0.15) is 0 Å². The molecule has 4 nitrogen and oxygen atoms in total. The monoisotopic (exact) mass is 276 g/mol. The molecule has 20 heavy (non-hydrogen) atoms. The zero-order valence-electron chi connectivity index (χ0n) is 12.2. The standard InChI is InChI=1S/C16H20O4/c1-4-19-16(18)14(17)13-8-5-10(2)11(3)15(13)20-9-12-6-7-12/h5,8,12H,4,6-7,9H2,1-3H3. The Balaban J connectivity index is 2.27. The number of hydrogen-bond acceptors (Lipinski definition) is 4. The zero-order chi connectivity index (χ0) is 14.7. The van der Waals surface area contributed by atoms with E-state index in [0.29, 0.717) is 23.8 Å². The van der Waals surface area contributed by atoms with Crippen molar-refractivity contribution in [2.75, 3.05) is 13.2 Å². The van der Waals surface area contributed by atoms with Gasteiger partial charge in [0.15, 0.2) is 0 Å². The Labute approximate surface area is 119 Å². The van der Waals surface area contributed by atoms with Crippen LogP contribution in [0.25, 0.3) is 0 Å². The van der Waals surface area contributed by atoms with Gasteiger partial charge in [0.1, 0.15) is 5.75 Å². The van der Waals surface area contributed by atoms with E-state index in [2.05, 4.69) is 0 Å². The molecule has 0 radical (unpaired) electrons. The fourth-order valence-electron chi connectivity index (χ4n) is 1.95. The molecule has 2 rings (SSSR count). The molecule has 0 aliphatic heterocycles. The third-order valence-electron chi connectivity index (χ3n) is 3.54. The third kappa shape index (κ3) is 3.18. The van der Waals surface area contributed by atoms with Crippen molar-refractivity contribution in [2.24, 2.45) is 5.92 Å². The number of aryl methyl sites for hydroxylation is 1. The van der Waals surface area contributed by atoms with E-state index in [4.69, 9.17) is 9.47 Å². The number of esters is 1. The highest BCUT2D eigenvalue weighted by Crippen LogP contribution is 2.32. The second-order valence-electron chi connectivity index (χ2n) is 5.19. The van der Waals surface area contributed by atoms with E-state index in [1.807, 2.05) is 19.9 Å². The highest BCUT2D eigenvalue weighted by atomic mass is 16.5. The predicted octanol–water partition coefficient (Wildman–Crippen LogP) is 2.84. The Morgan fingerprint density at radius 3 is 2.55 bits per heavy atom. The van der Waals surface area contributed by atoms with Crippen molar-refractivity contribution < 1.29 is 19.1 Å². The van der Waals surface area contributed by atoms with Crippen LogP contribution in [0.4, 0.5) is 0 Å². The van der Waals surface area contributed by atoms with Gasteiger partial charge in [0, 0.05) is 0 Å². The van der Waals surface area contributed by atoms with Crippen LogP contribution in [0.1, 0.15) is 41.3 Å². The molecule has 108 valence electrons. The van der Waals surface area contributed by atoms with Crippen LogP contribution in [0, 0.1) is 19.8 Å². The zero-order valence-corrected chi connectivity index (χ0v) is 12.2. The maximum absolute atomic E-state index is 12.1. The first kappa shape index (κ1) is 14.6. The van der Waals surface area contributed by atoms with Crippen LogP contribution < -0.4 is 4.74 Å². The van der Waals surface area contributed by atoms with Crippen molar-refractivity contribution in [2.45, 2.75) is 33.6 Å². The maximum Gasteiger partial charge on any atom is 0.379 e. The lowest BCUT2D eigenvalue weighted by Gasteiger charge is -2.14. The summed E-state index contributed by atoms with van der Waals surface area (Å²) in [6.07, 6.45) is 2.35. The normalized spacial score (nSPS) is 13.9. The second kappa shape index (κ2) is 6.07. The number of ether oxygens (including phenoxy) is 2. The maximum atomic E-state index is 12.1. The number of benzene rings is 1. The van der Waals surface area contributed by atoms with Gasteiger partial charge in [-0.3, -0.25) is 4.79 Å². The molecule has 1 fully saturated rings. The van der Waals surface area contributed by atoms with Crippen LogP contribution in [0.15, 0.2) is 12.1 Å².